The van der Waals surface area contributed by atoms with Crippen LogP contribution in [0.25, 0.3) is 0 Å². The molecule has 3 rings (SSSR count). The Kier molecular flexibility index (Phi) is 4.69. The van der Waals surface area contributed by atoms with Gasteiger partial charge >= 0.3 is 0 Å². The quantitative estimate of drug-likeness (QED) is 0.746. The van der Waals surface area contributed by atoms with Crippen molar-refractivity contribution in [2.24, 2.45) is 0 Å². The van der Waals surface area contributed by atoms with E-state index in [1.807, 2.05) is 57.6 Å². The van der Waals surface area contributed by atoms with Gasteiger partial charge in [-0.25, -0.2) is 9.97 Å². The Balaban J connectivity index is 1.70. The number of nitrogens with zero attached hydrogens (tertiary/aromatic N) is 5. The maximum absolute atomic E-state index is 5.06. The predicted octanol–water partition coefficient (Wildman–Crippen LogP) is 2.90. The molecule has 1 N–H and O–H groups in total. The van der Waals surface area contributed by atoms with Gasteiger partial charge in [0.25, 0.3) is 0 Å². The molecular formula is C17H20N6O. The summed E-state index contributed by atoms with van der Waals surface area (Å²) < 4.78 is 5.06. The van der Waals surface area contributed by atoms with E-state index in [-0.39, 0.29) is 0 Å². The van der Waals surface area contributed by atoms with E-state index >= 15 is 0 Å². The molecule has 124 valence electrons. The number of hydrogen-bond donors (Lipinski definition) is 1. The summed E-state index contributed by atoms with van der Waals surface area (Å²) in [6, 6.07) is 7.78. The predicted molar refractivity (Wildman–Crippen MR) is 92.5 cm³/mol. The molecule has 0 saturated heterocycles. The number of aryl methyl sites for hydroxylation is 2. The van der Waals surface area contributed by atoms with Gasteiger partial charge in [-0.05, 0) is 38.0 Å². The van der Waals surface area contributed by atoms with E-state index < -0.39 is 0 Å². The van der Waals surface area contributed by atoms with Crippen LogP contribution in [0.5, 0.6) is 0 Å². The molecule has 3 heterocycles. The highest BCUT2D eigenvalue weighted by molar-refractivity contribution is 5.56. The number of hydrogen-bond acceptors (Lipinski definition) is 7. The Morgan fingerprint density at radius 3 is 2.58 bits per heavy atom. The van der Waals surface area contributed by atoms with Crippen LogP contribution >= 0.6 is 0 Å². The molecule has 7 nitrogen and oxygen atoms in total. The molecule has 0 amide bonds. The van der Waals surface area contributed by atoms with Crippen LogP contribution in [0.15, 0.2) is 41.2 Å². The molecule has 0 saturated carbocycles. The summed E-state index contributed by atoms with van der Waals surface area (Å²) in [5.74, 6) is 3.64. The normalized spacial score (nSPS) is 10.6. The molecule has 0 spiro atoms. The molecule has 0 atom stereocenters. The van der Waals surface area contributed by atoms with Crippen molar-refractivity contribution in [3.05, 3.63) is 53.8 Å². The summed E-state index contributed by atoms with van der Waals surface area (Å²) in [6.45, 7) is 4.57. The van der Waals surface area contributed by atoms with Gasteiger partial charge < -0.3 is 14.7 Å². The number of likely N-dealkylation sites (N-methyl/N-ethyl adjacent to an activating group) is 1. The summed E-state index contributed by atoms with van der Waals surface area (Å²) in [5, 5.41) is 7.07. The molecule has 24 heavy (non-hydrogen) atoms. The van der Waals surface area contributed by atoms with Crippen molar-refractivity contribution >= 4 is 17.5 Å². The zero-order chi connectivity index (χ0) is 16.9. The van der Waals surface area contributed by atoms with Crippen LogP contribution in [0.2, 0.25) is 0 Å². The van der Waals surface area contributed by atoms with Gasteiger partial charge in [0.2, 0.25) is 0 Å². The van der Waals surface area contributed by atoms with Crippen LogP contribution in [0.1, 0.15) is 17.1 Å². The lowest BCUT2D eigenvalue weighted by Gasteiger charge is -2.19. The van der Waals surface area contributed by atoms with Gasteiger partial charge in [-0.2, -0.15) is 0 Å². The maximum atomic E-state index is 5.06. The summed E-state index contributed by atoms with van der Waals surface area (Å²) >= 11 is 0. The van der Waals surface area contributed by atoms with Gasteiger partial charge in [0.05, 0.1) is 0 Å². The molecular weight excluding hydrogens is 304 g/mol. The fourth-order valence-electron chi connectivity index (χ4n) is 2.33. The largest absolute Gasteiger partial charge is 0.360 e. The van der Waals surface area contributed by atoms with Crippen LogP contribution in [-0.4, -0.2) is 33.7 Å². The van der Waals surface area contributed by atoms with E-state index in [0.29, 0.717) is 17.5 Å². The summed E-state index contributed by atoms with van der Waals surface area (Å²) in [6.07, 6.45) is 4.55. The van der Waals surface area contributed by atoms with Crippen LogP contribution < -0.4 is 10.2 Å². The van der Waals surface area contributed by atoms with Crippen LogP contribution in [0.3, 0.4) is 0 Å². The number of anilines is 3. The highest BCUT2D eigenvalue weighted by atomic mass is 16.5. The molecule has 0 radical (unpaired) electrons. The Morgan fingerprint density at radius 2 is 1.88 bits per heavy atom. The summed E-state index contributed by atoms with van der Waals surface area (Å²) in [7, 11) is 2.02. The Hall–Kier alpha value is -2.96. The smallest absolute Gasteiger partial charge is 0.175 e. The fourth-order valence-corrected chi connectivity index (χ4v) is 2.33. The van der Waals surface area contributed by atoms with Gasteiger partial charge in [0.1, 0.15) is 23.2 Å². The van der Waals surface area contributed by atoms with Gasteiger partial charge in [0.15, 0.2) is 5.82 Å². The van der Waals surface area contributed by atoms with Crippen molar-refractivity contribution in [3.63, 3.8) is 0 Å². The standard InChI is InChI=1S/C17H20N6O/c1-12-10-16(22-24-12)21-15-11-17(20-13(2)19-15)23(3)9-6-14-4-7-18-8-5-14/h4-5,7-8,10-11H,6,9H2,1-3H3,(H,19,20,21,22). The van der Waals surface area contributed by atoms with E-state index in [4.69, 9.17) is 4.52 Å². The minimum absolute atomic E-state index is 0.635. The van der Waals surface area contributed by atoms with E-state index in [9.17, 15) is 0 Å². The average Bonchev–Trinajstić information content (AvgIpc) is 2.98. The van der Waals surface area contributed by atoms with Gasteiger partial charge in [-0.15, -0.1) is 0 Å². The van der Waals surface area contributed by atoms with Crippen LogP contribution in [-0.2, 0) is 6.42 Å². The van der Waals surface area contributed by atoms with Crippen molar-refractivity contribution in [1.82, 2.24) is 20.1 Å². The number of pyridine rings is 1. The topological polar surface area (TPSA) is 80.0 Å². The van der Waals surface area contributed by atoms with Crippen LogP contribution in [0, 0.1) is 13.8 Å². The van der Waals surface area contributed by atoms with Crippen molar-refractivity contribution in [1.29, 1.82) is 0 Å². The number of aromatic nitrogens is 4. The summed E-state index contributed by atoms with van der Waals surface area (Å²) in [4.78, 5) is 15.1. The first-order valence-corrected chi connectivity index (χ1v) is 7.76. The van der Waals surface area contributed by atoms with Crippen molar-refractivity contribution in [2.45, 2.75) is 20.3 Å². The van der Waals surface area contributed by atoms with Gasteiger partial charge in [0, 0.05) is 38.1 Å². The lowest BCUT2D eigenvalue weighted by atomic mass is 10.2. The molecule has 0 bridgehead atoms. The molecule has 0 aliphatic rings. The second kappa shape index (κ2) is 7.08. The lowest BCUT2D eigenvalue weighted by molar-refractivity contribution is 0.400. The monoisotopic (exact) mass is 324 g/mol. The summed E-state index contributed by atoms with van der Waals surface area (Å²) in [5.41, 5.74) is 1.25. The SMILES string of the molecule is Cc1nc(Nc2cc(C)on2)cc(N(C)CCc2ccncc2)n1. The van der Waals surface area contributed by atoms with Gasteiger partial charge in [-0.1, -0.05) is 5.16 Å². The maximum Gasteiger partial charge on any atom is 0.175 e. The van der Waals surface area contributed by atoms with E-state index in [2.05, 4.69) is 30.3 Å². The molecule has 3 aromatic heterocycles. The van der Waals surface area contributed by atoms with Crippen LogP contribution in [0.4, 0.5) is 17.5 Å². The van der Waals surface area contributed by atoms with Crippen molar-refractivity contribution in [3.8, 4) is 0 Å². The highest BCUT2D eigenvalue weighted by Gasteiger charge is 2.09. The Bertz CT molecular complexity index is 802. The molecule has 7 heteroatoms. The first-order chi connectivity index (χ1) is 11.6. The van der Waals surface area contributed by atoms with E-state index in [1.54, 1.807) is 0 Å². The second-order valence-corrected chi connectivity index (χ2v) is 5.63. The Morgan fingerprint density at radius 1 is 1.08 bits per heavy atom. The second-order valence-electron chi connectivity index (χ2n) is 5.63. The molecule has 0 aliphatic carbocycles. The van der Waals surface area contributed by atoms with E-state index in [0.717, 1.165) is 24.5 Å². The molecule has 0 aromatic carbocycles. The molecule has 0 fully saturated rings. The third-order valence-corrected chi connectivity index (χ3v) is 3.58. The minimum Gasteiger partial charge on any atom is -0.360 e. The average molecular weight is 324 g/mol. The molecule has 0 unspecified atom stereocenters. The van der Waals surface area contributed by atoms with E-state index in [1.165, 1.54) is 5.56 Å². The minimum atomic E-state index is 0.635. The number of rotatable bonds is 6. The molecule has 0 aliphatic heterocycles. The number of nitrogens with one attached hydrogen (secondary N) is 1. The third-order valence-electron chi connectivity index (χ3n) is 3.58. The van der Waals surface area contributed by atoms with Crippen molar-refractivity contribution < 1.29 is 4.52 Å². The fraction of sp³-hybridized carbons (Fsp3) is 0.294. The molecule has 3 aromatic rings. The lowest BCUT2D eigenvalue weighted by Crippen LogP contribution is -2.22. The van der Waals surface area contributed by atoms with Crippen molar-refractivity contribution in [2.75, 3.05) is 23.8 Å². The zero-order valence-corrected chi connectivity index (χ0v) is 14.0. The first-order valence-electron chi connectivity index (χ1n) is 7.76. The third kappa shape index (κ3) is 4.07. The first kappa shape index (κ1) is 15.9. The highest BCUT2D eigenvalue weighted by Crippen LogP contribution is 2.19. The Labute approximate surface area is 140 Å². The van der Waals surface area contributed by atoms with Gasteiger partial charge in [-0.3, -0.25) is 4.98 Å². The zero-order valence-electron chi connectivity index (χ0n) is 14.0.